The third kappa shape index (κ3) is 2.29. The third-order valence-electron chi connectivity index (χ3n) is 2.60. The van der Waals surface area contributed by atoms with E-state index in [0.717, 1.165) is 27.2 Å². The number of nitrogens with one attached hydrogen (secondary N) is 1. The molecule has 86 valence electrons. The summed E-state index contributed by atoms with van der Waals surface area (Å²) in [6.45, 7) is 2.73. The van der Waals surface area contributed by atoms with E-state index < -0.39 is 0 Å². The van der Waals surface area contributed by atoms with Crippen LogP contribution in [0.2, 0.25) is 4.34 Å². The van der Waals surface area contributed by atoms with Crippen molar-refractivity contribution in [3.05, 3.63) is 28.5 Å². The van der Waals surface area contributed by atoms with Crippen molar-refractivity contribution < 1.29 is 0 Å². The Hall–Kier alpha value is -0.840. The van der Waals surface area contributed by atoms with Crippen LogP contribution in [-0.2, 0) is 0 Å². The fourth-order valence-corrected chi connectivity index (χ4v) is 2.61. The van der Waals surface area contributed by atoms with Crippen LogP contribution in [0.4, 0.5) is 0 Å². The Kier molecular flexibility index (Phi) is 3.63. The Morgan fingerprint density at radius 1 is 1.56 bits per heavy atom. The van der Waals surface area contributed by atoms with Gasteiger partial charge in [0.15, 0.2) is 0 Å². The lowest BCUT2D eigenvalue weighted by atomic mass is 10.1. The summed E-state index contributed by atoms with van der Waals surface area (Å²) in [7, 11) is 0. The first kappa shape index (κ1) is 11.6. The quantitative estimate of drug-likeness (QED) is 0.881. The summed E-state index contributed by atoms with van der Waals surface area (Å²) in [6, 6.07) is 3.88. The number of thiophene rings is 1. The number of imidazole rings is 1. The lowest BCUT2D eigenvalue weighted by Crippen LogP contribution is -2.12. The van der Waals surface area contributed by atoms with E-state index in [2.05, 4.69) is 16.9 Å². The zero-order valence-corrected chi connectivity index (χ0v) is 10.6. The van der Waals surface area contributed by atoms with Gasteiger partial charge in [-0.25, -0.2) is 4.98 Å². The molecule has 1 unspecified atom stereocenters. The summed E-state index contributed by atoms with van der Waals surface area (Å²) >= 11 is 7.44. The van der Waals surface area contributed by atoms with E-state index in [1.165, 1.54) is 0 Å². The minimum atomic E-state index is 0.309. The molecule has 2 rings (SSSR count). The molecule has 3 nitrogen and oxygen atoms in total. The van der Waals surface area contributed by atoms with Crippen LogP contribution >= 0.6 is 22.9 Å². The highest BCUT2D eigenvalue weighted by Gasteiger charge is 2.12. The van der Waals surface area contributed by atoms with Crippen LogP contribution in [0, 0.1) is 0 Å². The minimum Gasteiger partial charge on any atom is -0.341 e. The lowest BCUT2D eigenvalue weighted by Gasteiger charge is -2.07. The molecule has 5 heteroatoms. The molecule has 0 aliphatic carbocycles. The van der Waals surface area contributed by atoms with E-state index in [-0.39, 0.29) is 0 Å². The maximum Gasteiger partial charge on any atom is 0.110 e. The molecule has 0 saturated carbocycles. The van der Waals surface area contributed by atoms with E-state index in [9.17, 15) is 0 Å². The van der Waals surface area contributed by atoms with Crippen molar-refractivity contribution in [2.75, 3.05) is 6.54 Å². The van der Waals surface area contributed by atoms with Gasteiger partial charge in [-0.3, -0.25) is 0 Å². The molecule has 0 aliphatic rings. The summed E-state index contributed by atoms with van der Waals surface area (Å²) in [5, 5.41) is 0. The number of aromatic amines is 1. The van der Waals surface area contributed by atoms with Gasteiger partial charge in [0.2, 0.25) is 0 Å². The number of nitrogens with two attached hydrogens (primary N) is 1. The Balaban J connectivity index is 2.25. The van der Waals surface area contributed by atoms with E-state index in [0.29, 0.717) is 12.5 Å². The largest absolute Gasteiger partial charge is 0.341 e. The molecule has 0 bridgehead atoms. The van der Waals surface area contributed by atoms with Crippen molar-refractivity contribution in [2.45, 2.75) is 19.3 Å². The predicted molar refractivity (Wildman–Crippen MR) is 69.0 cm³/mol. The Morgan fingerprint density at radius 2 is 2.38 bits per heavy atom. The SMILES string of the molecule is CCC(CN)c1ncc(-c2ccc(Cl)s2)[nH]1. The van der Waals surface area contributed by atoms with Gasteiger partial charge in [-0.1, -0.05) is 18.5 Å². The molecular weight excluding hydrogens is 242 g/mol. The molecule has 3 N–H and O–H groups in total. The Bertz CT molecular complexity index is 459. The maximum atomic E-state index is 5.90. The monoisotopic (exact) mass is 255 g/mol. The van der Waals surface area contributed by atoms with Crippen molar-refractivity contribution in [3.63, 3.8) is 0 Å². The predicted octanol–water partition coefficient (Wildman–Crippen LogP) is 3.24. The molecule has 0 aromatic carbocycles. The molecule has 0 spiro atoms. The summed E-state index contributed by atoms with van der Waals surface area (Å²) in [5.41, 5.74) is 6.70. The number of H-pyrrole nitrogens is 1. The fraction of sp³-hybridized carbons (Fsp3) is 0.364. The number of rotatable bonds is 4. The highest BCUT2D eigenvalue weighted by molar-refractivity contribution is 7.19. The average molecular weight is 256 g/mol. The molecule has 2 aromatic heterocycles. The molecular formula is C11H14ClN3S. The van der Waals surface area contributed by atoms with Crippen molar-refractivity contribution in [1.82, 2.24) is 9.97 Å². The highest BCUT2D eigenvalue weighted by Crippen LogP contribution is 2.30. The fourth-order valence-electron chi connectivity index (χ4n) is 1.60. The number of hydrogen-bond donors (Lipinski definition) is 2. The van der Waals surface area contributed by atoms with E-state index >= 15 is 0 Å². The van der Waals surface area contributed by atoms with Gasteiger partial charge in [-0.15, -0.1) is 11.3 Å². The minimum absolute atomic E-state index is 0.309. The van der Waals surface area contributed by atoms with Crippen molar-refractivity contribution in [3.8, 4) is 10.6 Å². The molecule has 0 radical (unpaired) electrons. The molecule has 2 heterocycles. The van der Waals surface area contributed by atoms with E-state index in [1.54, 1.807) is 11.3 Å². The smallest absolute Gasteiger partial charge is 0.110 e. The molecule has 0 amide bonds. The molecule has 0 fully saturated rings. The average Bonchev–Trinajstić information content (AvgIpc) is 2.89. The zero-order chi connectivity index (χ0) is 11.5. The van der Waals surface area contributed by atoms with Crippen molar-refractivity contribution in [1.29, 1.82) is 0 Å². The second kappa shape index (κ2) is 4.99. The van der Waals surface area contributed by atoms with E-state index in [1.807, 2.05) is 18.3 Å². The molecule has 0 aliphatic heterocycles. The normalized spacial score (nSPS) is 12.9. The molecule has 2 aromatic rings. The molecule has 16 heavy (non-hydrogen) atoms. The van der Waals surface area contributed by atoms with Crippen molar-refractivity contribution in [2.24, 2.45) is 5.73 Å². The van der Waals surface area contributed by atoms with Gasteiger partial charge in [0.1, 0.15) is 5.82 Å². The van der Waals surface area contributed by atoms with Gasteiger partial charge >= 0.3 is 0 Å². The number of aromatic nitrogens is 2. The number of halogens is 1. The number of nitrogens with zero attached hydrogens (tertiary/aromatic N) is 1. The van der Waals surface area contributed by atoms with Crippen LogP contribution in [-0.4, -0.2) is 16.5 Å². The number of hydrogen-bond acceptors (Lipinski definition) is 3. The molecule has 0 saturated heterocycles. The van der Waals surface area contributed by atoms with Gasteiger partial charge < -0.3 is 10.7 Å². The summed E-state index contributed by atoms with van der Waals surface area (Å²) < 4.78 is 0.789. The first-order chi connectivity index (χ1) is 7.74. The maximum absolute atomic E-state index is 5.90. The second-order valence-electron chi connectivity index (χ2n) is 3.63. The second-order valence-corrected chi connectivity index (χ2v) is 5.34. The van der Waals surface area contributed by atoms with Gasteiger partial charge in [0, 0.05) is 12.5 Å². The van der Waals surface area contributed by atoms with Crippen LogP contribution in [0.3, 0.4) is 0 Å². The van der Waals surface area contributed by atoms with Gasteiger partial charge in [0.25, 0.3) is 0 Å². The van der Waals surface area contributed by atoms with E-state index in [4.69, 9.17) is 17.3 Å². The van der Waals surface area contributed by atoms with Crippen LogP contribution in [0.1, 0.15) is 25.1 Å². The summed E-state index contributed by atoms with van der Waals surface area (Å²) in [6.07, 6.45) is 2.84. The van der Waals surface area contributed by atoms with Gasteiger partial charge in [0.05, 0.1) is 21.1 Å². The van der Waals surface area contributed by atoms with Crippen molar-refractivity contribution >= 4 is 22.9 Å². The zero-order valence-electron chi connectivity index (χ0n) is 9.03. The first-order valence-corrected chi connectivity index (χ1v) is 6.44. The molecule has 1 atom stereocenters. The van der Waals surface area contributed by atoms with Crippen LogP contribution in [0.25, 0.3) is 10.6 Å². The third-order valence-corrected chi connectivity index (χ3v) is 3.86. The van der Waals surface area contributed by atoms with Crippen LogP contribution in [0.15, 0.2) is 18.3 Å². The topological polar surface area (TPSA) is 54.7 Å². The van der Waals surface area contributed by atoms with Crippen LogP contribution in [0.5, 0.6) is 0 Å². The summed E-state index contributed by atoms with van der Waals surface area (Å²) in [5.74, 6) is 1.27. The standard InChI is InChI=1S/C11H14ClN3S/c1-2-7(5-13)11-14-6-8(15-11)9-3-4-10(12)16-9/h3-4,6-7H,2,5,13H2,1H3,(H,14,15). The summed E-state index contributed by atoms with van der Waals surface area (Å²) in [4.78, 5) is 8.78. The lowest BCUT2D eigenvalue weighted by molar-refractivity contribution is 0.639. The first-order valence-electron chi connectivity index (χ1n) is 5.25. The Labute approximate surface area is 104 Å². The highest BCUT2D eigenvalue weighted by atomic mass is 35.5. The van der Waals surface area contributed by atoms with Gasteiger partial charge in [-0.2, -0.15) is 0 Å². The van der Waals surface area contributed by atoms with Crippen LogP contribution < -0.4 is 5.73 Å². The van der Waals surface area contributed by atoms with Gasteiger partial charge in [-0.05, 0) is 18.6 Å². The Morgan fingerprint density at radius 3 is 2.94 bits per heavy atom.